The van der Waals surface area contributed by atoms with E-state index in [1.807, 2.05) is 24.3 Å². The van der Waals surface area contributed by atoms with Gasteiger partial charge in [-0.15, -0.1) is 22.7 Å². The monoisotopic (exact) mass is 338 g/mol. The third-order valence-electron chi connectivity index (χ3n) is 4.26. The number of rotatable bonds is 3. The van der Waals surface area contributed by atoms with Crippen molar-refractivity contribution in [1.82, 2.24) is 10.6 Å². The molecule has 2 fully saturated rings. The quantitative estimate of drug-likeness (QED) is 0.894. The van der Waals surface area contributed by atoms with E-state index in [2.05, 4.69) is 10.6 Å². The van der Waals surface area contributed by atoms with Crippen LogP contribution in [0.4, 0.5) is 0 Å². The van der Waals surface area contributed by atoms with Crippen LogP contribution in [0.3, 0.4) is 0 Å². The van der Waals surface area contributed by atoms with Crippen molar-refractivity contribution in [3.8, 4) is 9.75 Å². The lowest BCUT2D eigenvalue weighted by atomic mass is 9.95. The maximum Gasteiger partial charge on any atom is 0.261 e. The Balaban J connectivity index is 1.46. The molecule has 2 aromatic rings. The Morgan fingerprint density at radius 3 is 2.67 bits per heavy atom. The zero-order valence-electron chi connectivity index (χ0n) is 11.3. The fraction of sp³-hybridized carbons (Fsp3) is 0.400. The molecule has 2 aromatic heterocycles. The van der Waals surface area contributed by atoms with Crippen LogP contribution < -0.4 is 10.6 Å². The first-order valence-electron chi connectivity index (χ1n) is 7.11. The molecule has 21 heavy (non-hydrogen) atoms. The fourth-order valence-electron chi connectivity index (χ4n) is 3.26. The molecule has 2 saturated heterocycles. The molecule has 4 heterocycles. The summed E-state index contributed by atoms with van der Waals surface area (Å²) in [4.78, 5) is 15.4. The van der Waals surface area contributed by atoms with Gasteiger partial charge in [-0.1, -0.05) is 11.6 Å². The van der Waals surface area contributed by atoms with Crippen LogP contribution in [-0.4, -0.2) is 24.0 Å². The summed E-state index contributed by atoms with van der Waals surface area (Å²) in [5.74, 6) is 0.0493. The third-order valence-corrected chi connectivity index (χ3v) is 6.77. The lowest BCUT2D eigenvalue weighted by Gasteiger charge is -2.20. The molecule has 3 nitrogen and oxygen atoms in total. The predicted molar refractivity (Wildman–Crippen MR) is 88.5 cm³/mol. The summed E-state index contributed by atoms with van der Waals surface area (Å²) in [6.07, 6.45) is 3.49. The number of nitrogens with one attached hydrogen (secondary N) is 2. The second-order valence-corrected chi connectivity index (χ2v) is 8.43. The molecule has 110 valence electrons. The average Bonchev–Trinajstić information content (AvgIpc) is 3.22. The molecule has 4 rings (SSSR count). The van der Waals surface area contributed by atoms with Crippen molar-refractivity contribution < 1.29 is 4.79 Å². The Morgan fingerprint density at radius 2 is 2.00 bits per heavy atom. The van der Waals surface area contributed by atoms with Gasteiger partial charge in [0.2, 0.25) is 0 Å². The smallest absolute Gasteiger partial charge is 0.261 e. The number of amides is 1. The maximum absolute atomic E-state index is 12.4. The summed E-state index contributed by atoms with van der Waals surface area (Å²) >= 11 is 9.04. The first-order valence-corrected chi connectivity index (χ1v) is 9.12. The van der Waals surface area contributed by atoms with Crippen molar-refractivity contribution in [2.75, 3.05) is 0 Å². The normalized spacial score (nSPS) is 27.2. The summed E-state index contributed by atoms with van der Waals surface area (Å²) in [5, 5.41) is 6.73. The van der Waals surface area contributed by atoms with E-state index in [1.165, 1.54) is 24.2 Å². The van der Waals surface area contributed by atoms with Gasteiger partial charge >= 0.3 is 0 Å². The zero-order valence-corrected chi connectivity index (χ0v) is 13.7. The number of hydrogen-bond acceptors (Lipinski definition) is 4. The molecule has 2 N–H and O–H groups in total. The minimum absolute atomic E-state index is 0.0493. The largest absolute Gasteiger partial charge is 0.347 e. The van der Waals surface area contributed by atoms with Crippen LogP contribution in [0.2, 0.25) is 4.34 Å². The molecule has 2 aliphatic rings. The average molecular weight is 339 g/mol. The Kier molecular flexibility index (Phi) is 3.53. The summed E-state index contributed by atoms with van der Waals surface area (Å²) in [6.45, 7) is 0. The molecule has 2 bridgehead atoms. The van der Waals surface area contributed by atoms with Gasteiger partial charge in [0.05, 0.1) is 9.21 Å². The SMILES string of the molecule is O=C(N[C@@H]1C[C@H]2CC[C@@H]1N2)c1ccc(-c2ccc(Cl)s2)s1. The first kappa shape index (κ1) is 13.8. The van der Waals surface area contributed by atoms with E-state index in [9.17, 15) is 4.79 Å². The molecule has 1 amide bonds. The van der Waals surface area contributed by atoms with Crippen molar-refractivity contribution in [2.24, 2.45) is 0 Å². The van der Waals surface area contributed by atoms with E-state index >= 15 is 0 Å². The van der Waals surface area contributed by atoms with Crippen molar-refractivity contribution in [3.63, 3.8) is 0 Å². The van der Waals surface area contributed by atoms with Crippen molar-refractivity contribution in [3.05, 3.63) is 33.5 Å². The van der Waals surface area contributed by atoms with E-state index in [-0.39, 0.29) is 11.9 Å². The molecule has 0 aromatic carbocycles. The van der Waals surface area contributed by atoms with Crippen LogP contribution in [0.25, 0.3) is 9.75 Å². The van der Waals surface area contributed by atoms with Crippen molar-refractivity contribution in [2.45, 2.75) is 37.4 Å². The van der Waals surface area contributed by atoms with Gasteiger partial charge in [-0.3, -0.25) is 4.79 Å². The lowest BCUT2D eigenvalue weighted by molar-refractivity contribution is 0.0935. The number of hydrogen-bond donors (Lipinski definition) is 2. The van der Waals surface area contributed by atoms with Gasteiger partial charge in [-0.2, -0.15) is 0 Å². The standard InChI is InChI=1S/C15H15ClN2OS2/c16-14-6-5-12(21-14)11-3-4-13(20-11)15(19)18-10-7-8-1-2-9(10)17-8/h3-6,8-10,17H,1-2,7H2,(H,18,19)/t8-,9+,10-/m1/s1. The van der Waals surface area contributed by atoms with Crippen LogP contribution in [0.5, 0.6) is 0 Å². The summed E-state index contributed by atoms with van der Waals surface area (Å²) in [6, 6.07) is 9.16. The minimum Gasteiger partial charge on any atom is -0.347 e. The molecule has 0 saturated carbocycles. The van der Waals surface area contributed by atoms with Crippen molar-refractivity contribution in [1.29, 1.82) is 0 Å². The van der Waals surface area contributed by atoms with Crippen LogP contribution in [0.15, 0.2) is 24.3 Å². The summed E-state index contributed by atoms with van der Waals surface area (Å²) < 4.78 is 0.775. The van der Waals surface area contributed by atoms with Crippen molar-refractivity contribution >= 4 is 40.2 Å². The van der Waals surface area contributed by atoms with Crippen LogP contribution >= 0.6 is 34.3 Å². The number of carbonyl (C=O) groups is 1. The van der Waals surface area contributed by atoms with Crippen LogP contribution in [0.1, 0.15) is 28.9 Å². The lowest BCUT2D eigenvalue weighted by Crippen LogP contribution is -2.42. The summed E-state index contributed by atoms with van der Waals surface area (Å²) in [7, 11) is 0. The van der Waals surface area contributed by atoms with E-state index in [0.717, 1.165) is 25.4 Å². The van der Waals surface area contributed by atoms with Gasteiger partial charge in [-0.05, 0) is 43.5 Å². The summed E-state index contributed by atoms with van der Waals surface area (Å²) in [5.41, 5.74) is 0. The molecule has 0 spiro atoms. The Labute approximate surface area is 136 Å². The van der Waals surface area contributed by atoms with Gasteiger partial charge in [0.25, 0.3) is 5.91 Å². The van der Waals surface area contributed by atoms with Gasteiger partial charge in [0.1, 0.15) is 0 Å². The molecular formula is C15H15ClN2OS2. The minimum atomic E-state index is 0.0493. The van der Waals surface area contributed by atoms with Crippen LogP contribution in [-0.2, 0) is 0 Å². The van der Waals surface area contributed by atoms with Crippen LogP contribution in [0, 0.1) is 0 Å². The highest BCUT2D eigenvalue weighted by molar-refractivity contribution is 7.24. The Hall–Kier alpha value is -0.880. The van der Waals surface area contributed by atoms with Gasteiger partial charge in [-0.25, -0.2) is 0 Å². The second-order valence-electron chi connectivity index (χ2n) is 5.63. The molecule has 0 unspecified atom stereocenters. The highest BCUT2D eigenvalue weighted by atomic mass is 35.5. The van der Waals surface area contributed by atoms with Gasteiger partial charge in [0.15, 0.2) is 0 Å². The zero-order chi connectivity index (χ0) is 14.4. The van der Waals surface area contributed by atoms with E-state index in [4.69, 9.17) is 11.6 Å². The molecule has 6 heteroatoms. The Morgan fingerprint density at radius 1 is 1.19 bits per heavy atom. The number of thiophene rings is 2. The van der Waals surface area contributed by atoms with E-state index < -0.39 is 0 Å². The first-order chi connectivity index (χ1) is 10.2. The molecular weight excluding hydrogens is 324 g/mol. The fourth-order valence-corrected chi connectivity index (χ4v) is 5.30. The molecule has 3 atom stereocenters. The Bertz CT molecular complexity index is 681. The predicted octanol–water partition coefficient (Wildman–Crippen LogP) is 3.75. The van der Waals surface area contributed by atoms with Gasteiger partial charge in [0, 0.05) is 27.9 Å². The molecule has 0 radical (unpaired) electrons. The molecule has 0 aliphatic carbocycles. The molecule has 2 aliphatic heterocycles. The third kappa shape index (κ3) is 2.63. The van der Waals surface area contributed by atoms with Gasteiger partial charge < -0.3 is 10.6 Å². The number of fused-ring (bicyclic) bond motifs is 2. The van der Waals surface area contributed by atoms with E-state index in [0.29, 0.717) is 12.1 Å². The maximum atomic E-state index is 12.4. The number of halogens is 1. The van der Waals surface area contributed by atoms with E-state index in [1.54, 1.807) is 11.3 Å². The topological polar surface area (TPSA) is 41.1 Å². The highest BCUT2D eigenvalue weighted by Gasteiger charge is 2.39. The highest BCUT2D eigenvalue weighted by Crippen LogP contribution is 2.35. The number of carbonyl (C=O) groups excluding carboxylic acids is 1. The second kappa shape index (κ2) is 5.39.